The standard InChI is InChI=1S/C20H24N2O2.H2/c1-3-16(24-4-2)13-22-20(23)17-10-9-15(19-6-5-11-21-19)12-18(17)14-7-8-14;/h3,5,9-12,14H,4,6-8,13H2,1-2H3,(H,22,23);1H/b16-3-;. The fourth-order valence-electron chi connectivity index (χ4n) is 2.92. The minimum Gasteiger partial charge on any atom is -0.497 e. The fourth-order valence-corrected chi connectivity index (χ4v) is 2.92. The quantitative estimate of drug-likeness (QED) is 0.764. The van der Waals surface area contributed by atoms with E-state index >= 15 is 0 Å². The van der Waals surface area contributed by atoms with Crippen LogP contribution in [0.2, 0.25) is 0 Å². The van der Waals surface area contributed by atoms with Gasteiger partial charge < -0.3 is 10.1 Å². The number of hydrogen-bond acceptors (Lipinski definition) is 3. The van der Waals surface area contributed by atoms with E-state index in [9.17, 15) is 4.79 Å². The predicted molar refractivity (Wildman–Crippen MR) is 98.5 cm³/mol. The van der Waals surface area contributed by atoms with Crippen LogP contribution in [0, 0.1) is 0 Å². The van der Waals surface area contributed by atoms with Crippen molar-refractivity contribution in [2.24, 2.45) is 4.99 Å². The summed E-state index contributed by atoms with van der Waals surface area (Å²) >= 11 is 0. The fraction of sp³-hybridized carbons (Fsp3) is 0.400. The molecule has 0 aromatic heterocycles. The molecule has 1 aliphatic carbocycles. The van der Waals surface area contributed by atoms with E-state index in [-0.39, 0.29) is 7.33 Å². The zero-order valence-corrected chi connectivity index (χ0v) is 14.3. The van der Waals surface area contributed by atoms with Gasteiger partial charge in [-0.15, -0.1) is 0 Å². The topological polar surface area (TPSA) is 50.7 Å². The third-order valence-electron chi connectivity index (χ3n) is 4.37. The summed E-state index contributed by atoms with van der Waals surface area (Å²) < 4.78 is 5.48. The zero-order chi connectivity index (χ0) is 16.9. The lowest BCUT2D eigenvalue weighted by Gasteiger charge is -2.13. The molecule has 1 amide bonds. The first kappa shape index (κ1) is 16.5. The van der Waals surface area contributed by atoms with E-state index in [1.54, 1.807) is 0 Å². The number of ether oxygens (including phenoxy) is 1. The Morgan fingerprint density at radius 1 is 1.46 bits per heavy atom. The Balaban J connectivity index is 0.00000225. The van der Waals surface area contributed by atoms with E-state index in [1.807, 2.05) is 38.3 Å². The van der Waals surface area contributed by atoms with Crippen LogP contribution >= 0.6 is 0 Å². The summed E-state index contributed by atoms with van der Waals surface area (Å²) in [5, 5.41) is 2.97. The lowest BCUT2D eigenvalue weighted by Crippen LogP contribution is -2.27. The molecule has 0 unspecified atom stereocenters. The molecule has 0 bridgehead atoms. The number of nitrogens with one attached hydrogen (secondary N) is 1. The Morgan fingerprint density at radius 2 is 2.29 bits per heavy atom. The van der Waals surface area contributed by atoms with Crippen LogP contribution in [0.1, 0.15) is 61.9 Å². The van der Waals surface area contributed by atoms with Gasteiger partial charge >= 0.3 is 0 Å². The van der Waals surface area contributed by atoms with Crippen LogP contribution in [0.4, 0.5) is 0 Å². The van der Waals surface area contributed by atoms with Crippen LogP contribution in [-0.4, -0.2) is 24.8 Å². The number of carbonyl (C=O) groups excluding carboxylic acids is 1. The van der Waals surface area contributed by atoms with Crippen molar-refractivity contribution in [1.29, 1.82) is 0 Å². The van der Waals surface area contributed by atoms with Gasteiger partial charge in [-0.05, 0) is 61.9 Å². The molecule has 0 atom stereocenters. The number of benzene rings is 1. The number of amides is 1. The van der Waals surface area contributed by atoms with Gasteiger partial charge in [0.1, 0.15) is 5.76 Å². The second kappa shape index (κ2) is 7.47. The van der Waals surface area contributed by atoms with Gasteiger partial charge in [0.2, 0.25) is 0 Å². The van der Waals surface area contributed by atoms with Crippen molar-refractivity contribution >= 4 is 11.6 Å². The first-order valence-electron chi connectivity index (χ1n) is 8.65. The first-order chi connectivity index (χ1) is 11.7. The summed E-state index contributed by atoms with van der Waals surface area (Å²) in [6.07, 6.45) is 8.98. The highest BCUT2D eigenvalue weighted by atomic mass is 16.5. The second-order valence-corrected chi connectivity index (χ2v) is 6.11. The molecule has 1 aromatic rings. The monoisotopic (exact) mass is 326 g/mol. The van der Waals surface area contributed by atoms with Crippen molar-refractivity contribution in [3.63, 3.8) is 0 Å². The van der Waals surface area contributed by atoms with Gasteiger partial charge in [0, 0.05) is 19.6 Å². The molecule has 24 heavy (non-hydrogen) atoms. The summed E-state index contributed by atoms with van der Waals surface area (Å²) in [6, 6.07) is 6.10. The Hall–Kier alpha value is -2.36. The minimum absolute atomic E-state index is 0. The van der Waals surface area contributed by atoms with Crippen molar-refractivity contribution in [1.82, 2.24) is 5.32 Å². The maximum absolute atomic E-state index is 12.6. The summed E-state index contributed by atoms with van der Waals surface area (Å²) in [6.45, 7) is 4.88. The molecular weight excluding hydrogens is 300 g/mol. The average molecular weight is 326 g/mol. The summed E-state index contributed by atoms with van der Waals surface area (Å²) in [5.74, 6) is 1.27. The third-order valence-corrected chi connectivity index (χ3v) is 4.37. The molecular formula is C20H26N2O2. The van der Waals surface area contributed by atoms with E-state index in [1.165, 1.54) is 0 Å². The number of allylic oxidation sites excluding steroid dienone is 2. The number of hydrogen-bond donors (Lipinski definition) is 1. The summed E-state index contributed by atoms with van der Waals surface area (Å²) in [7, 11) is 0. The maximum atomic E-state index is 12.6. The van der Waals surface area contributed by atoms with Crippen LogP contribution < -0.4 is 5.32 Å². The molecule has 1 N–H and O–H groups in total. The molecule has 128 valence electrons. The largest absolute Gasteiger partial charge is 0.497 e. The Morgan fingerprint density at radius 3 is 2.92 bits per heavy atom. The highest BCUT2D eigenvalue weighted by Crippen LogP contribution is 2.42. The van der Waals surface area contributed by atoms with Crippen LogP contribution in [0.25, 0.3) is 0 Å². The van der Waals surface area contributed by atoms with Gasteiger partial charge in [-0.25, -0.2) is 0 Å². The highest BCUT2D eigenvalue weighted by molar-refractivity contribution is 6.04. The Kier molecular flexibility index (Phi) is 5.14. The van der Waals surface area contributed by atoms with E-state index in [0.717, 1.165) is 47.4 Å². The number of nitrogens with zero attached hydrogens (tertiary/aromatic N) is 1. The molecule has 1 saturated carbocycles. The molecule has 0 spiro atoms. The van der Waals surface area contributed by atoms with Gasteiger partial charge in [-0.1, -0.05) is 12.1 Å². The van der Waals surface area contributed by atoms with Crippen LogP contribution in [0.5, 0.6) is 0 Å². The molecule has 4 heteroatoms. The number of rotatable bonds is 7. The van der Waals surface area contributed by atoms with E-state index in [0.29, 0.717) is 19.1 Å². The maximum Gasteiger partial charge on any atom is 0.251 e. The smallest absolute Gasteiger partial charge is 0.251 e. The lowest BCUT2D eigenvalue weighted by molar-refractivity contribution is 0.0946. The van der Waals surface area contributed by atoms with E-state index in [4.69, 9.17) is 4.74 Å². The molecule has 1 heterocycles. The Bertz CT molecular complexity index is 718. The molecule has 0 saturated heterocycles. The molecule has 3 rings (SSSR count). The number of aliphatic imine (C=N–C) groups is 1. The van der Waals surface area contributed by atoms with Gasteiger partial charge in [0.05, 0.1) is 18.9 Å². The normalized spacial score (nSPS) is 16.9. The third kappa shape index (κ3) is 3.75. The van der Waals surface area contributed by atoms with Crippen LogP contribution in [0.3, 0.4) is 0 Å². The van der Waals surface area contributed by atoms with Crippen molar-refractivity contribution in [3.8, 4) is 0 Å². The van der Waals surface area contributed by atoms with E-state index < -0.39 is 0 Å². The lowest BCUT2D eigenvalue weighted by atomic mass is 9.97. The molecule has 0 radical (unpaired) electrons. The van der Waals surface area contributed by atoms with Crippen molar-refractivity contribution in [2.75, 3.05) is 13.2 Å². The zero-order valence-electron chi connectivity index (χ0n) is 14.3. The minimum atomic E-state index is -0.0333. The molecule has 1 fully saturated rings. The number of carbonyl (C=O) groups is 1. The van der Waals surface area contributed by atoms with Crippen molar-refractivity contribution in [3.05, 3.63) is 59.0 Å². The van der Waals surface area contributed by atoms with Gasteiger partial charge in [-0.3, -0.25) is 9.79 Å². The summed E-state index contributed by atoms with van der Waals surface area (Å²) in [5.41, 5.74) is 4.14. The van der Waals surface area contributed by atoms with Crippen molar-refractivity contribution in [2.45, 2.75) is 39.0 Å². The van der Waals surface area contributed by atoms with Gasteiger partial charge in [0.15, 0.2) is 0 Å². The van der Waals surface area contributed by atoms with Crippen LogP contribution in [0.15, 0.2) is 47.3 Å². The SMILES string of the molecule is C/C=C(/CNC(=O)c1ccc(C2=NC=CC2)cc1C1CC1)OCC.[HH]. The molecule has 4 nitrogen and oxygen atoms in total. The summed E-state index contributed by atoms with van der Waals surface area (Å²) in [4.78, 5) is 17.0. The second-order valence-electron chi connectivity index (χ2n) is 6.11. The van der Waals surface area contributed by atoms with Gasteiger partial charge in [-0.2, -0.15) is 0 Å². The van der Waals surface area contributed by atoms with Crippen molar-refractivity contribution < 1.29 is 11.0 Å². The Labute approximate surface area is 144 Å². The van der Waals surface area contributed by atoms with Crippen LogP contribution in [-0.2, 0) is 4.74 Å². The first-order valence-corrected chi connectivity index (χ1v) is 8.65. The average Bonchev–Trinajstić information content (AvgIpc) is 3.31. The molecule has 1 aliphatic heterocycles. The predicted octanol–water partition coefficient (Wildman–Crippen LogP) is 4.19. The van der Waals surface area contributed by atoms with E-state index in [2.05, 4.69) is 22.5 Å². The van der Waals surface area contributed by atoms with Gasteiger partial charge in [0.25, 0.3) is 5.91 Å². The highest BCUT2D eigenvalue weighted by Gasteiger charge is 2.28. The molecule has 2 aliphatic rings. The molecule has 1 aromatic carbocycles.